The van der Waals surface area contributed by atoms with E-state index < -0.39 is 5.60 Å². The van der Waals surface area contributed by atoms with Crippen LogP contribution in [-0.2, 0) is 16.0 Å². The molecule has 2 aromatic rings. The molecule has 2 aliphatic rings. The zero-order valence-electron chi connectivity index (χ0n) is 19.4. The maximum absolute atomic E-state index is 12.6. The Bertz CT molecular complexity index is 976. The van der Waals surface area contributed by atoms with Crippen molar-refractivity contribution in [3.63, 3.8) is 0 Å². The average Bonchev–Trinajstić information content (AvgIpc) is 3.29. The zero-order valence-corrected chi connectivity index (χ0v) is 20.2. The fraction of sp³-hybridized carbons (Fsp3) is 0.667. The number of fused-ring (bicyclic) bond motifs is 3. The van der Waals surface area contributed by atoms with E-state index in [1.165, 1.54) is 10.4 Å². The first kappa shape index (κ1) is 23.0. The largest absolute Gasteiger partial charge is 0.474 e. The average molecular weight is 460 g/mol. The number of ether oxygens (including phenoxy) is 2. The molecule has 0 spiro atoms. The number of hydrogen-bond acceptors (Lipinski definition) is 7. The van der Waals surface area contributed by atoms with Gasteiger partial charge in [0.2, 0.25) is 5.88 Å². The van der Waals surface area contributed by atoms with Gasteiger partial charge in [-0.3, -0.25) is 0 Å². The summed E-state index contributed by atoms with van der Waals surface area (Å²) in [5, 5.41) is 1.00. The van der Waals surface area contributed by atoms with Crippen LogP contribution >= 0.6 is 11.3 Å². The third-order valence-corrected chi connectivity index (χ3v) is 7.58. The van der Waals surface area contributed by atoms with Crippen LogP contribution in [0.15, 0.2) is 6.33 Å². The highest BCUT2D eigenvalue weighted by atomic mass is 32.1. The Morgan fingerprint density at radius 3 is 2.62 bits per heavy atom. The minimum absolute atomic E-state index is 0.0585. The monoisotopic (exact) mass is 459 g/mol. The van der Waals surface area contributed by atoms with E-state index in [2.05, 4.69) is 9.97 Å². The molecule has 0 aromatic carbocycles. The van der Waals surface area contributed by atoms with E-state index in [1.54, 1.807) is 17.7 Å². The van der Waals surface area contributed by atoms with Gasteiger partial charge < -0.3 is 19.2 Å². The number of carbonyl (C=O) groups excluding carboxylic acids is 2. The SMILES string of the molecule is CCN(C(=O)OC(C)(C)C)[C@H]1CC[C@@H](Oc2ncnc3sc4c(c23)[C@@H](CC=O)CC4)CC1. The minimum atomic E-state index is -0.494. The molecule has 0 radical (unpaired) electrons. The number of nitrogens with zero attached hydrogens (tertiary/aromatic N) is 3. The highest BCUT2D eigenvalue weighted by molar-refractivity contribution is 7.19. The lowest BCUT2D eigenvalue weighted by Crippen LogP contribution is -2.45. The van der Waals surface area contributed by atoms with Crippen molar-refractivity contribution in [3.8, 4) is 5.88 Å². The van der Waals surface area contributed by atoms with E-state index in [1.807, 2.05) is 32.6 Å². The van der Waals surface area contributed by atoms with Crippen molar-refractivity contribution in [2.75, 3.05) is 6.54 Å². The number of hydrogen-bond donors (Lipinski definition) is 0. The summed E-state index contributed by atoms with van der Waals surface area (Å²) >= 11 is 1.70. The van der Waals surface area contributed by atoms with Crippen LogP contribution in [0.4, 0.5) is 4.79 Å². The van der Waals surface area contributed by atoms with Crippen LogP contribution in [0, 0.1) is 0 Å². The van der Waals surface area contributed by atoms with Gasteiger partial charge in [-0.05, 0) is 77.7 Å². The van der Waals surface area contributed by atoms with Crippen LogP contribution in [-0.4, -0.2) is 51.5 Å². The summed E-state index contributed by atoms with van der Waals surface area (Å²) in [6.07, 6.45) is 8.42. The molecule has 1 amide bonds. The number of aldehydes is 1. The van der Waals surface area contributed by atoms with Gasteiger partial charge in [0.1, 0.15) is 29.1 Å². The Morgan fingerprint density at radius 1 is 1.22 bits per heavy atom. The fourth-order valence-electron chi connectivity index (χ4n) is 4.97. The second-order valence-corrected chi connectivity index (χ2v) is 10.8. The molecule has 0 bridgehead atoms. The van der Waals surface area contributed by atoms with E-state index >= 15 is 0 Å². The number of rotatable bonds is 6. The highest BCUT2D eigenvalue weighted by Crippen LogP contribution is 2.47. The Labute approximate surface area is 193 Å². The first-order chi connectivity index (χ1) is 15.3. The van der Waals surface area contributed by atoms with Crippen LogP contribution in [0.2, 0.25) is 0 Å². The summed E-state index contributed by atoms with van der Waals surface area (Å²) < 4.78 is 12.0. The van der Waals surface area contributed by atoms with Crippen molar-refractivity contribution in [1.82, 2.24) is 14.9 Å². The van der Waals surface area contributed by atoms with Crippen molar-refractivity contribution < 1.29 is 19.1 Å². The smallest absolute Gasteiger partial charge is 0.410 e. The van der Waals surface area contributed by atoms with Crippen LogP contribution in [0.3, 0.4) is 0 Å². The molecule has 0 aliphatic heterocycles. The van der Waals surface area contributed by atoms with E-state index in [4.69, 9.17) is 9.47 Å². The molecular formula is C24H33N3O4S. The van der Waals surface area contributed by atoms with Gasteiger partial charge in [-0.15, -0.1) is 11.3 Å². The molecule has 2 aliphatic carbocycles. The van der Waals surface area contributed by atoms with Gasteiger partial charge in [0.25, 0.3) is 0 Å². The third-order valence-electron chi connectivity index (χ3n) is 6.41. The van der Waals surface area contributed by atoms with Gasteiger partial charge in [0.15, 0.2) is 0 Å². The van der Waals surface area contributed by atoms with Crippen LogP contribution < -0.4 is 4.74 Å². The maximum Gasteiger partial charge on any atom is 0.410 e. The molecule has 0 unspecified atom stereocenters. The summed E-state index contributed by atoms with van der Waals surface area (Å²) in [5.74, 6) is 0.889. The maximum atomic E-state index is 12.6. The number of carbonyl (C=O) groups is 2. The normalized spacial score (nSPS) is 23.1. The lowest BCUT2D eigenvalue weighted by Gasteiger charge is -2.37. The molecular weight excluding hydrogens is 426 g/mol. The lowest BCUT2D eigenvalue weighted by molar-refractivity contribution is -0.108. The summed E-state index contributed by atoms with van der Waals surface area (Å²) in [4.78, 5) is 36.8. The topological polar surface area (TPSA) is 81.6 Å². The van der Waals surface area contributed by atoms with Crippen molar-refractivity contribution in [2.24, 2.45) is 0 Å². The predicted octanol–water partition coefficient (Wildman–Crippen LogP) is 5.26. The fourth-order valence-corrected chi connectivity index (χ4v) is 6.20. The Balaban J connectivity index is 1.45. The van der Waals surface area contributed by atoms with Crippen LogP contribution in [0.5, 0.6) is 5.88 Å². The molecule has 1 fully saturated rings. The number of aromatic nitrogens is 2. The summed E-state index contributed by atoms with van der Waals surface area (Å²) in [7, 11) is 0. The van der Waals surface area contributed by atoms with Crippen molar-refractivity contribution in [1.29, 1.82) is 0 Å². The van der Waals surface area contributed by atoms with E-state index in [-0.39, 0.29) is 24.2 Å². The second kappa shape index (κ2) is 9.33. The van der Waals surface area contributed by atoms with Gasteiger partial charge in [0.05, 0.1) is 5.39 Å². The molecule has 0 saturated heterocycles. The van der Waals surface area contributed by atoms with Crippen molar-refractivity contribution in [3.05, 3.63) is 16.8 Å². The molecule has 1 saturated carbocycles. The molecule has 32 heavy (non-hydrogen) atoms. The Hall–Kier alpha value is -2.22. The van der Waals surface area contributed by atoms with E-state index in [0.717, 1.165) is 55.0 Å². The van der Waals surface area contributed by atoms with Gasteiger partial charge in [-0.25, -0.2) is 14.8 Å². The molecule has 2 aromatic heterocycles. The number of amides is 1. The molecule has 0 N–H and O–H groups in total. The Kier molecular flexibility index (Phi) is 6.70. The predicted molar refractivity (Wildman–Crippen MR) is 124 cm³/mol. The van der Waals surface area contributed by atoms with Gasteiger partial charge in [-0.2, -0.15) is 0 Å². The van der Waals surface area contributed by atoms with Gasteiger partial charge in [-0.1, -0.05) is 0 Å². The number of aryl methyl sites for hydroxylation is 1. The first-order valence-electron chi connectivity index (χ1n) is 11.7. The molecule has 1 atom stereocenters. The highest BCUT2D eigenvalue weighted by Gasteiger charge is 2.33. The van der Waals surface area contributed by atoms with Crippen molar-refractivity contribution >= 4 is 33.9 Å². The Morgan fingerprint density at radius 2 is 1.97 bits per heavy atom. The van der Waals surface area contributed by atoms with Crippen LogP contribution in [0.1, 0.15) is 82.6 Å². The van der Waals surface area contributed by atoms with Crippen LogP contribution in [0.25, 0.3) is 10.2 Å². The summed E-state index contributed by atoms with van der Waals surface area (Å²) in [6, 6.07) is 0.169. The quantitative estimate of drug-likeness (QED) is 0.548. The standard InChI is InChI=1S/C24H33N3O4S/c1-5-27(23(29)31-24(2,3)4)16-7-9-17(10-8-16)30-21-20-19-15(12-13-28)6-11-18(19)32-22(20)26-14-25-21/h13-17H,5-12H2,1-4H3/t15-,16-,17+/m1/s1. The van der Waals surface area contributed by atoms with Gasteiger partial charge in [0, 0.05) is 23.9 Å². The lowest BCUT2D eigenvalue weighted by atomic mass is 9.92. The van der Waals surface area contributed by atoms with Gasteiger partial charge >= 0.3 is 6.09 Å². The zero-order chi connectivity index (χ0) is 22.9. The third kappa shape index (κ3) is 4.75. The van der Waals surface area contributed by atoms with E-state index in [9.17, 15) is 9.59 Å². The molecule has 7 nitrogen and oxygen atoms in total. The van der Waals surface area contributed by atoms with E-state index in [0.29, 0.717) is 18.8 Å². The minimum Gasteiger partial charge on any atom is -0.474 e. The number of thiophene rings is 1. The van der Waals surface area contributed by atoms with Crippen molar-refractivity contribution in [2.45, 2.75) is 96.3 Å². The first-order valence-corrected chi connectivity index (χ1v) is 12.5. The molecule has 4 rings (SSSR count). The molecule has 2 heterocycles. The summed E-state index contributed by atoms with van der Waals surface area (Å²) in [6.45, 7) is 8.32. The summed E-state index contributed by atoms with van der Waals surface area (Å²) in [5.41, 5.74) is 0.731. The molecule has 174 valence electrons. The second-order valence-electron chi connectivity index (χ2n) is 9.75. The molecule has 8 heteroatoms.